The topological polar surface area (TPSA) is 82.0 Å². The maximum atomic E-state index is 11.7. The van der Waals surface area contributed by atoms with Gasteiger partial charge in [-0.15, -0.1) is 0 Å². The van der Waals surface area contributed by atoms with Crippen LogP contribution in [0.2, 0.25) is 0 Å². The van der Waals surface area contributed by atoms with Gasteiger partial charge in [0.25, 0.3) is 0 Å². The largest absolute Gasteiger partial charge is 0.389 e. The van der Waals surface area contributed by atoms with Crippen LogP contribution in [0.3, 0.4) is 0 Å². The highest BCUT2D eigenvalue weighted by Gasteiger charge is 2.30. The lowest BCUT2D eigenvalue weighted by Crippen LogP contribution is -2.51. The van der Waals surface area contributed by atoms with Crippen molar-refractivity contribution in [3.05, 3.63) is 11.8 Å². The summed E-state index contributed by atoms with van der Waals surface area (Å²) in [7, 11) is 0. The number of carbonyl (C=O) groups is 1. The van der Waals surface area contributed by atoms with E-state index in [9.17, 15) is 9.90 Å². The minimum atomic E-state index is -0.289. The van der Waals surface area contributed by atoms with Crippen LogP contribution in [0.4, 0.5) is 11.8 Å². The summed E-state index contributed by atoms with van der Waals surface area (Å²) < 4.78 is 5.54. The van der Waals surface area contributed by atoms with Crippen LogP contribution in [0.25, 0.3) is 0 Å². The second-order valence-corrected chi connectivity index (χ2v) is 7.42. The minimum Gasteiger partial charge on any atom is -0.389 e. The Labute approximate surface area is 153 Å². The van der Waals surface area contributed by atoms with Crippen LogP contribution in [-0.2, 0) is 9.53 Å². The Morgan fingerprint density at radius 1 is 1.19 bits per heavy atom. The number of rotatable bonds is 3. The zero-order valence-corrected chi connectivity index (χ0v) is 15.3. The number of β-amino-alcohol motifs (C(OH)–C–C–N with tert-alkyl or cyclic N) is 1. The van der Waals surface area contributed by atoms with Crippen molar-refractivity contribution in [2.75, 3.05) is 62.3 Å². The molecule has 4 heterocycles. The van der Waals surface area contributed by atoms with Crippen molar-refractivity contribution in [3.8, 4) is 0 Å². The van der Waals surface area contributed by atoms with E-state index in [1.54, 1.807) is 6.92 Å². The Balaban J connectivity index is 1.58. The van der Waals surface area contributed by atoms with Gasteiger partial charge in [0.2, 0.25) is 11.9 Å². The number of ether oxygens (including phenoxy) is 1. The molecule has 3 saturated heterocycles. The molecule has 1 aromatic rings. The summed E-state index contributed by atoms with van der Waals surface area (Å²) in [5, 5.41) is 9.63. The third-order valence-corrected chi connectivity index (χ3v) is 5.48. The molecule has 0 aliphatic carbocycles. The molecule has 26 heavy (non-hydrogen) atoms. The van der Waals surface area contributed by atoms with Gasteiger partial charge >= 0.3 is 0 Å². The zero-order chi connectivity index (χ0) is 18.1. The highest BCUT2D eigenvalue weighted by atomic mass is 16.5. The molecule has 1 N–H and O–H groups in total. The third-order valence-electron chi connectivity index (χ3n) is 5.48. The molecular weight excluding hydrogens is 334 g/mol. The molecule has 3 fully saturated rings. The summed E-state index contributed by atoms with van der Waals surface area (Å²) in [5.41, 5.74) is 1.02. The van der Waals surface area contributed by atoms with Gasteiger partial charge in [0.1, 0.15) is 5.82 Å². The maximum absolute atomic E-state index is 11.7. The van der Waals surface area contributed by atoms with Crippen molar-refractivity contribution in [3.63, 3.8) is 0 Å². The molecule has 0 saturated carbocycles. The van der Waals surface area contributed by atoms with Crippen LogP contribution in [0.1, 0.15) is 31.4 Å². The lowest BCUT2D eigenvalue weighted by Gasteiger charge is -2.36. The van der Waals surface area contributed by atoms with Crippen LogP contribution >= 0.6 is 0 Å². The first-order valence-corrected chi connectivity index (χ1v) is 9.50. The monoisotopic (exact) mass is 361 g/mol. The van der Waals surface area contributed by atoms with Crippen LogP contribution in [0, 0.1) is 0 Å². The van der Waals surface area contributed by atoms with E-state index in [-0.39, 0.29) is 12.0 Å². The van der Waals surface area contributed by atoms with Crippen LogP contribution in [-0.4, -0.2) is 84.5 Å². The van der Waals surface area contributed by atoms with Crippen molar-refractivity contribution in [2.45, 2.75) is 31.8 Å². The van der Waals surface area contributed by atoms with Gasteiger partial charge in [-0.25, -0.2) is 4.98 Å². The molecule has 4 rings (SSSR count). The highest BCUT2D eigenvalue weighted by molar-refractivity contribution is 5.73. The lowest BCUT2D eigenvalue weighted by molar-refractivity contribution is -0.128. The van der Waals surface area contributed by atoms with Gasteiger partial charge in [0.05, 0.1) is 18.4 Å². The average molecular weight is 361 g/mol. The molecule has 8 heteroatoms. The molecule has 142 valence electrons. The highest BCUT2D eigenvalue weighted by Crippen LogP contribution is 2.29. The molecule has 0 radical (unpaired) electrons. The van der Waals surface area contributed by atoms with Gasteiger partial charge in [-0.05, 0) is 12.8 Å². The first-order chi connectivity index (χ1) is 12.6. The minimum absolute atomic E-state index is 0.133. The van der Waals surface area contributed by atoms with E-state index in [1.807, 2.05) is 9.80 Å². The molecule has 1 atom stereocenters. The molecular formula is C18H27N5O3. The number of aliphatic hydroxyl groups excluding tert-OH is 1. The van der Waals surface area contributed by atoms with Crippen LogP contribution in [0.15, 0.2) is 6.07 Å². The number of aromatic nitrogens is 2. The quantitative estimate of drug-likeness (QED) is 0.825. The molecule has 1 aromatic heterocycles. The molecule has 3 aliphatic rings. The fourth-order valence-electron chi connectivity index (χ4n) is 3.80. The van der Waals surface area contributed by atoms with Gasteiger partial charge in [-0.1, -0.05) is 0 Å². The lowest BCUT2D eigenvalue weighted by atomic mass is 10.0. The summed E-state index contributed by atoms with van der Waals surface area (Å²) >= 11 is 0. The van der Waals surface area contributed by atoms with Crippen molar-refractivity contribution < 1.29 is 14.6 Å². The smallest absolute Gasteiger partial charge is 0.227 e. The third kappa shape index (κ3) is 3.61. The summed E-state index contributed by atoms with van der Waals surface area (Å²) in [5.74, 6) is 2.06. The molecule has 8 nitrogen and oxygen atoms in total. The number of nitrogens with zero attached hydrogens (tertiary/aromatic N) is 5. The average Bonchev–Trinajstić information content (AvgIpc) is 3.02. The Hall–Kier alpha value is -1.93. The van der Waals surface area contributed by atoms with Crippen molar-refractivity contribution in [1.82, 2.24) is 14.9 Å². The molecule has 0 spiro atoms. The van der Waals surface area contributed by atoms with Gasteiger partial charge < -0.3 is 24.5 Å². The van der Waals surface area contributed by atoms with E-state index in [2.05, 4.69) is 11.0 Å². The predicted molar refractivity (Wildman–Crippen MR) is 97.5 cm³/mol. The Morgan fingerprint density at radius 2 is 2.04 bits per heavy atom. The molecule has 3 aliphatic heterocycles. The first-order valence-electron chi connectivity index (χ1n) is 9.50. The SMILES string of the molecule is CC(=O)N1CCCN(c2cc([C@@H]3CCOC3)nc(N3CC(O)C3)n2)CC1. The van der Waals surface area contributed by atoms with Crippen LogP contribution < -0.4 is 9.80 Å². The number of hydrogen-bond donors (Lipinski definition) is 1. The molecule has 0 aromatic carbocycles. The molecule has 1 amide bonds. The summed E-state index contributed by atoms with van der Waals surface area (Å²) in [4.78, 5) is 27.4. The second-order valence-electron chi connectivity index (χ2n) is 7.42. The van der Waals surface area contributed by atoms with Crippen LogP contribution in [0.5, 0.6) is 0 Å². The Morgan fingerprint density at radius 3 is 2.73 bits per heavy atom. The van der Waals surface area contributed by atoms with Gasteiger partial charge in [-0.3, -0.25) is 4.79 Å². The summed E-state index contributed by atoms with van der Waals surface area (Å²) in [6.07, 6.45) is 1.63. The number of aliphatic hydroxyl groups is 1. The van der Waals surface area contributed by atoms with E-state index in [4.69, 9.17) is 14.7 Å². The summed E-state index contributed by atoms with van der Waals surface area (Å²) in [6.45, 7) is 7.46. The summed E-state index contributed by atoms with van der Waals surface area (Å²) in [6, 6.07) is 2.09. The van der Waals surface area contributed by atoms with E-state index in [1.165, 1.54) is 0 Å². The van der Waals surface area contributed by atoms with E-state index in [0.29, 0.717) is 31.6 Å². The normalized spacial score (nSPS) is 24.5. The van der Waals surface area contributed by atoms with Crippen molar-refractivity contribution in [1.29, 1.82) is 0 Å². The standard InChI is InChI=1S/C18H27N5O3/c1-13(24)21-4-2-5-22(7-6-21)17-9-16(14-3-8-26-12-14)19-18(20-17)23-10-15(25)11-23/h9,14-15,25H,2-8,10-12H2,1H3/t14-/m1/s1. The van der Waals surface area contributed by atoms with E-state index < -0.39 is 0 Å². The second kappa shape index (κ2) is 7.36. The number of amides is 1. The number of hydrogen-bond acceptors (Lipinski definition) is 7. The zero-order valence-electron chi connectivity index (χ0n) is 15.3. The van der Waals surface area contributed by atoms with Crippen molar-refractivity contribution in [2.24, 2.45) is 0 Å². The maximum Gasteiger partial charge on any atom is 0.227 e. The molecule has 0 bridgehead atoms. The predicted octanol–water partition coefficient (Wildman–Crippen LogP) is 0.220. The fraction of sp³-hybridized carbons (Fsp3) is 0.722. The van der Waals surface area contributed by atoms with E-state index >= 15 is 0 Å². The fourth-order valence-corrected chi connectivity index (χ4v) is 3.80. The Bertz CT molecular complexity index is 658. The van der Waals surface area contributed by atoms with Crippen molar-refractivity contribution >= 4 is 17.7 Å². The van der Waals surface area contributed by atoms with Gasteiger partial charge in [0, 0.05) is 64.8 Å². The number of anilines is 2. The Kier molecular flexibility index (Phi) is 4.95. The first kappa shape index (κ1) is 17.5. The number of carbonyl (C=O) groups excluding carboxylic acids is 1. The van der Waals surface area contributed by atoms with Gasteiger partial charge in [0.15, 0.2) is 0 Å². The molecule has 0 unspecified atom stereocenters. The van der Waals surface area contributed by atoms with Gasteiger partial charge in [-0.2, -0.15) is 4.98 Å². The van der Waals surface area contributed by atoms with E-state index in [0.717, 1.165) is 57.1 Å².